The Bertz CT molecular complexity index is 1460. The van der Waals surface area contributed by atoms with E-state index in [0.29, 0.717) is 29.8 Å². The number of hydrogen-bond acceptors (Lipinski definition) is 4. The lowest BCUT2D eigenvalue weighted by Crippen LogP contribution is -2.66. The van der Waals surface area contributed by atoms with Crippen molar-refractivity contribution in [1.29, 1.82) is 0 Å². The fourth-order valence-corrected chi connectivity index (χ4v) is 6.49. The molecule has 7 rings (SSSR count). The molecule has 0 radical (unpaired) electrons. The number of piperidine rings is 3. The number of rotatable bonds is 8. The van der Waals surface area contributed by atoms with Crippen LogP contribution < -0.4 is 5.32 Å². The molecule has 2 N–H and O–H groups in total. The fourth-order valence-electron chi connectivity index (χ4n) is 6.49. The number of ether oxygens (including phenoxy) is 1. The summed E-state index contributed by atoms with van der Waals surface area (Å²) in [6.45, 7) is 4.04. The molecule has 6 nitrogen and oxygen atoms in total. The van der Waals surface area contributed by atoms with Crippen LogP contribution >= 0.6 is 0 Å². The highest BCUT2D eigenvalue weighted by molar-refractivity contribution is 5.98. The summed E-state index contributed by atoms with van der Waals surface area (Å²) in [5.41, 5.74) is -0.239. The highest BCUT2D eigenvalue weighted by atomic mass is 16.6. The molecule has 6 heteroatoms. The van der Waals surface area contributed by atoms with E-state index >= 15 is 0 Å². The van der Waals surface area contributed by atoms with E-state index in [0.717, 1.165) is 47.7 Å². The number of nitrogens with one attached hydrogen (secondary N) is 1. The molecule has 0 unspecified atom stereocenters. The summed E-state index contributed by atoms with van der Waals surface area (Å²) in [6.07, 6.45) is 1.65. The number of benzene rings is 4. The van der Waals surface area contributed by atoms with E-state index in [1.54, 1.807) is 24.3 Å². The Morgan fingerprint density at radius 2 is 1.43 bits per heavy atom. The van der Waals surface area contributed by atoms with Crippen LogP contribution in [0.2, 0.25) is 0 Å². The lowest BCUT2D eigenvalue weighted by atomic mass is 9.82. The van der Waals surface area contributed by atoms with Gasteiger partial charge in [-0.1, -0.05) is 91.0 Å². The SMILES string of the molecule is O=C(NCC[N+]12CCC(CC1)[C@@H](OC(=O)C(O)(c1ccccc1)c1ccccc1)C2)c1ccc2ccccc2c1. The van der Waals surface area contributed by atoms with Crippen LogP contribution in [0, 0.1) is 5.92 Å². The van der Waals surface area contributed by atoms with Crippen molar-refractivity contribution in [3.63, 3.8) is 0 Å². The molecule has 1 amide bonds. The van der Waals surface area contributed by atoms with Gasteiger partial charge in [0.1, 0.15) is 6.54 Å². The average molecular weight is 536 g/mol. The first-order chi connectivity index (χ1) is 19.5. The zero-order valence-electron chi connectivity index (χ0n) is 22.5. The van der Waals surface area contributed by atoms with Gasteiger partial charge in [0, 0.05) is 24.3 Å². The first kappa shape index (κ1) is 26.2. The predicted molar refractivity (Wildman–Crippen MR) is 154 cm³/mol. The summed E-state index contributed by atoms with van der Waals surface area (Å²) >= 11 is 0. The normalized spacial score (nSPS) is 22.1. The number of hydrogen-bond donors (Lipinski definition) is 2. The van der Waals surface area contributed by atoms with Crippen molar-refractivity contribution in [3.8, 4) is 0 Å². The molecule has 3 fully saturated rings. The molecule has 0 saturated carbocycles. The number of carbonyl (C=O) groups excluding carboxylic acids is 2. The molecular weight excluding hydrogens is 500 g/mol. The van der Waals surface area contributed by atoms with Gasteiger partial charge in [-0.25, -0.2) is 4.79 Å². The summed E-state index contributed by atoms with van der Waals surface area (Å²) in [5, 5.41) is 17.1. The highest BCUT2D eigenvalue weighted by Gasteiger charge is 2.50. The Labute approximate surface area is 234 Å². The van der Waals surface area contributed by atoms with Gasteiger partial charge in [0.2, 0.25) is 5.60 Å². The lowest BCUT2D eigenvalue weighted by molar-refractivity contribution is -0.945. The smallest absolute Gasteiger partial charge is 0.348 e. The summed E-state index contributed by atoms with van der Waals surface area (Å²) in [7, 11) is 0. The summed E-state index contributed by atoms with van der Waals surface area (Å²) in [4.78, 5) is 26.6. The summed E-state index contributed by atoms with van der Waals surface area (Å²) in [6, 6.07) is 31.8. The first-order valence-electron chi connectivity index (χ1n) is 14.1. The Morgan fingerprint density at radius 1 is 0.825 bits per heavy atom. The van der Waals surface area contributed by atoms with Gasteiger partial charge in [0.05, 0.1) is 26.2 Å². The second-order valence-electron chi connectivity index (χ2n) is 11.2. The van der Waals surface area contributed by atoms with E-state index in [1.807, 2.05) is 78.9 Å². The minimum atomic E-state index is -1.88. The van der Waals surface area contributed by atoms with Crippen LogP contribution in [0.1, 0.15) is 34.3 Å². The highest BCUT2D eigenvalue weighted by Crippen LogP contribution is 2.38. The van der Waals surface area contributed by atoms with Crippen LogP contribution in [0.15, 0.2) is 103 Å². The van der Waals surface area contributed by atoms with E-state index in [1.165, 1.54) is 0 Å². The van der Waals surface area contributed by atoms with Crippen LogP contribution in [-0.2, 0) is 15.1 Å². The van der Waals surface area contributed by atoms with E-state index < -0.39 is 11.6 Å². The molecule has 3 saturated heterocycles. The Hall–Kier alpha value is -4.00. The standard InChI is InChI=1S/C34H34N2O4/c37-32(28-16-15-25-9-7-8-10-27(25)23-28)35-19-22-36-20-17-26(18-21-36)31(24-36)40-33(38)34(39,29-11-3-1-4-12-29)30-13-5-2-6-14-30/h1-16,23,26,31,39H,17-22,24H2/p+1/t26?,31-,36?/m0/s1. The number of amides is 1. The monoisotopic (exact) mass is 535 g/mol. The van der Waals surface area contributed by atoms with Crippen LogP contribution in [0.4, 0.5) is 0 Å². The van der Waals surface area contributed by atoms with Gasteiger partial charge < -0.3 is 19.6 Å². The third-order valence-electron chi connectivity index (χ3n) is 8.86. The molecule has 3 aliphatic heterocycles. The van der Waals surface area contributed by atoms with Gasteiger partial charge in [-0.15, -0.1) is 0 Å². The predicted octanol–water partition coefficient (Wildman–Crippen LogP) is 4.66. The molecule has 0 spiro atoms. The second-order valence-corrected chi connectivity index (χ2v) is 11.2. The largest absolute Gasteiger partial charge is 0.453 e. The third kappa shape index (κ3) is 5.01. The van der Waals surface area contributed by atoms with Crippen molar-refractivity contribution < 1.29 is 23.9 Å². The molecule has 0 aromatic heterocycles. The third-order valence-corrected chi connectivity index (χ3v) is 8.86. The van der Waals surface area contributed by atoms with Crippen molar-refractivity contribution in [1.82, 2.24) is 5.32 Å². The summed E-state index contributed by atoms with van der Waals surface area (Å²) < 4.78 is 6.98. The maximum atomic E-state index is 13.7. The summed E-state index contributed by atoms with van der Waals surface area (Å²) in [5.74, 6) is -0.423. The quantitative estimate of drug-likeness (QED) is 0.254. The molecule has 204 valence electrons. The van der Waals surface area contributed by atoms with Crippen molar-refractivity contribution in [2.24, 2.45) is 5.92 Å². The van der Waals surface area contributed by atoms with Gasteiger partial charge in [0.25, 0.3) is 5.91 Å². The van der Waals surface area contributed by atoms with Gasteiger partial charge in [-0.05, 0) is 34.0 Å². The molecular formula is C34H35N2O4+. The van der Waals surface area contributed by atoms with Gasteiger partial charge >= 0.3 is 5.97 Å². The number of esters is 1. The number of fused-ring (bicyclic) bond motifs is 4. The molecule has 3 heterocycles. The molecule has 1 atom stereocenters. The number of aliphatic hydroxyl groups is 1. The zero-order valence-corrected chi connectivity index (χ0v) is 22.5. The minimum absolute atomic E-state index is 0.0744. The maximum absolute atomic E-state index is 13.7. The number of nitrogens with zero attached hydrogens (tertiary/aromatic N) is 1. The van der Waals surface area contributed by atoms with Gasteiger partial charge in [0.15, 0.2) is 6.10 Å². The molecule has 4 aromatic rings. The molecule has 3 aliphatic rings. The molecule has 2 bridgehead atoms. The lowest BCUT2D eigenvalue weighted by Gasteiger charge is -2.52. The number of quaternary nitrogens is 1. The van der Waals surface area contributed by atoms with E-state index in [-0.39, 0.29) is 17.9 Å². The fraction of sp³-hybridized carbons (Fsp3) is 0.294. The average Bonchev–Trinajstić information content (AvgIpc) is 3.01. The Balaban J connectivity index is 1.13. The van der Waals surface area contributed by atoms with E-state index in [4.69, 9.17) is 4.74 Å². The van der Waals surface area contributed by atoms with Crippen molar-refractivity contribution in [2.75, 3.05) is 32.7 Å². The minimum Gasteiger partial charge on any atom is -0.453 e. The Morgan fingerprint density at radius 3 is 2.08 bits per heavy atom. The van der Waals surface area contributed by atoms with Crippen LogP contribution in [0.3, 0.4) is 0 Å². The number of carbonyl (C=O) groups is 2. The van der Waals surface area contributed by atoms with E-state index in [9.17, 15) is 14.7 Å². The van der Waals surface area contributed by atoms with Gasteiger partial charge in [-0.2, -0.15) is 0 Å². The van der Waals surface area contributed by atoms with Crippen LogP contribution in [-0.4, -0.2) is 60.3 Å². The molecule has 0 aliphatic carbocycles. The molecule has 40 heavy (non-hydrogen) atoms. The maximum Gasteiger partial charge on any atom is 0.348 e. The van der Waals surface area contributed by atoms with Crippen molar-refractivity contribution >= 4 is 22.6 Å². The van der Waals surface area contributed by atoms with Crippen molar-refractivity contribution in [2.45, 2.75) is 24.5 Å². The second kappa shape index (κ2) is 10.9. The van der Waals surface area contributed by atoms with Crippen LogP contribution in [0.5, 0.6) is 0 Å². The van der Waals surface area contributed by atoms with Gasteiger partial charge in [-0.3, -0.25) is 4.79 Å². The zero-order chi connectivity index (χ0) is 27.6. The van der Waals surface area contributed by atoms with E-state index in [2.05, 4.69) is 5.32 Å². The van der Waals surface area contributed by atoms with Crippen LogP contribution in [0.25, 0.3) is 10.8 Å². The Kier molecular flexibility index (Phi) is 7.13. The topological polar surface area (TPSA) is 75.6 Å². The van der Waals surface area contributed by atoms with Crippen molar-refractivity contribution in [3.05, 3.63) is 120 Å². The first-order valence-corrected chi connectivity index (χ1v) is 14.1. The molecule has 4 aromatic carbocycles.